The highest BCUT2D eigenvalue weighted by atomic mass is 19.2. The predicted molar refractivity (Wildman–Crippen MR) is 70.7 cm³/mol. The molecule has 1 aromatic carbocycles. The number of hydrogen-bond donors (Lipinski definition) is 1. The summed E-state index contributed by atoms with van der Waals surface area (Å²) in [5.74, 6) is -4.62. The highest BCUT2D eigenvalue weighted by Crippen LogP contribution is 2.16. The molecule has 0 bridgehead atoms. The molecule has 0 spiro atoms. The van der Waals surface area contributed by atoms with E-state index in [2.05, 4.69) is 0 Å². The summed E-state index contributed by atoms with van der Waals surface area (Å²) in [4.78, 5) is 13.7. The molecule has 20 heavy (non-hydrogen) atoms. The molecule has 0 fully saturated rings. The van der Waals surface area contributed by atoms with Crippen molar-refractivity contribution < 1.29 is 18.0 Å². The summed E-state index contributed by atoms with van der Waals surface area (Å²) in [5.41, 5.74) is 5.21. The molecule has 0 heterocycles. The minimum atomic E-state index is -1.57. The molecule has 0 aliphatic rings. The number of amides is 1. The first-order valence-corrected chi connectivity index (χ1v) is 6.50. The molecule has 1 aromatic rings. The van der Waals surface area contributed by atoms with E-state index < -0.39 is 23.4 Å². The minimum Gasteiger partial charge on any atom is -0.338 e. The van der Waals surface area contributed by atoms with E-state index >= 15 is 0 Å². The van der Waals surface area contributed by atoms with E-state index in [1.165, 1.54) is 4.90 Å². The fourth-order valence-electron chi connectivity index (χ4n) is 1.86. The van der Waals surface area contributed by atoms with Gasteiger partial charge in [0.15, 0.2) is 17.5 Å². The van der Waals surface area contributed by atoms with E-state index in [1.54, 1.807) is 0 Å². The number of nitrogens with two attached hydrogens (primary N) is 1. The molecule has 0 atom stereocenters. The SMILES string of the molecule is CC(C)CN(CCCN)C(=O)c1cc(F)c(F)c(F)c1. The zero-order chi connectivity index (χ0) is 15.3. The van der Waals surface area contributed by atoms with Gasteiger partial charge < -0.3 is 10.6 Å². The topological polar surface area (TPSA) is 46.3 Å². The average molecular weight is 288 g/mol. The summed E-state index contributed by atoms with van der Waals surface area (Å²) in [6, 6.07) is 1.44. The van der Waals surface area contributed by atoms with Crippen LogP contribution < -0.4 is 5.73 Å². The molecule has 0 saturated heterocycles. The molecule has 0 saturated carbocycles. The lowest BCUT2D eigenvalue weighted by atomic mass is 10.1. The standard InChI is InChI=1S/C14H19F3N2O/c1-9(2)8-19(5-3-4-18)14(20)10-6-11(15)13(17)12(16)7-10/h6-7,9H,3-5,8,18H2,1-2H3. The summed E-state index contributed by atoms with van der Waals surface area (Å²) >= 11 is 0. The fourth-order valence-corrected chi connectivity index (χ4v) is 1.86. The van der Waals surface area contributed by atoms with Crippen LogP contribution in [0.15, 0.2) is 12.1 Å². The van der Waals surface area contributed by atoms with Gasteiger partial charge in [-0.15, -0.1) is 0 Å². The van der Waals surface area contributed by atoms with Crippen molar-refractivity contribution in [3.8, 4) is 0 Å². The van der Waals surface area contributed by atoms with Gasteiger partial charge in [-0.05, 0) is 31.0 Å². The van der Waals surface area contributed by atoms with Crippen LogP contribution >= 0.6 is 0 Å². The lowest BCUT2D eigenvalue weighted by molar-refractivity contribution is 0.0734. The molecule has 0 aromatic heterocycles. The second-order valence-corrected chi connectivity index (χ2v) is 5.04. The van der Waals surface area contributed by atoms with Gasteiger partial charge in [-0.2, -0.15) is 0 Å². The van der Waals surface area contributed by atoms with Crippen LogP contribution in [0.5, 0.6) is 0 Å². The van der Waals surface area contributed by atoms with Crippen molar-refractivity contribution >= 4 is 5.91 Å². The smallest absolute Gasteiger partial charge is 0.254 e. The Morgan fingerprint density at radius 2 is 1.80 bits per heavy atom. The number of rotatable bonds is 6. The summed E-state index contributed by atoms with van der Waals surface area (Å²) in [7, 11) is 0. The van der Waals surface area contributed by atoms with Crippen LogP contribution in [0.1, 0.15) is 30.6 Å². The third-order valence-corrected chi connectivity index (χ3v) is 2.74. The van der Waals surface area contributed by atoms with Gasteiger partial charge in [0.2, 0.25) is 0 Å². The molecule has 0 radical (unpaired) electrons. The Bertz CT molecular complexity index is 454. The second-order valence-electron chi connectivity index (χ2n) is 5.04. The number of hydrogen-bond acceptors (Lipinski definition) is 2. The molecule has 6 heteroatoms. The van der Waals surface area contributed by atoms with Crippen molar-refractivity contribution in [3.05, 3.63) is 35.1 Å². The Morgan fingerprint density at radius 1 is 1.25 bits per heavy atom. The van der Waals surface area contributed by atoms with Gasteiger partial charge >= 0.3 is 0 Å². The first kappa shape index (κ1) is 16.5. The Hall–Kier alpha value is -1.56. The van der Waals surface area contributed by atoms with Gasteiger partial charge in [-0.25, -0.2) is 13.2 Å². The molecule has 0 aliphatic heterocycles. The monoisotopic (exact) mass is 288 g/mol. The minimum absolute atomic E-state index is 0.195. The van der Waals surface area contributed by atoms with Crippen LogP contribution in [0.25, 0.3) is 0 Å². The van der Waals surface area contributed by atoms with Gasteiger partial charge in [-0.1, -0.05) is 13.8 Å². The Kier molecular flexibility index (Phi) is 6.01. The number of benzene rings is 1. The Balaban J connectivity index is 2.98. The zero-order valence-electron chi connectivity index (χ0n) is 11.6. The van der Waals surface area contributed by atoms with E-state index in [-0.39, 0.29) is 11.5 Å². The highest BCUT2D eigenvalue weighted by Gasteiger charge is 2.20. The quantitative estimate of drug-likeness (QED) is 0.818. The number of nitrogens with zero attached hydrogens (tertiary/aromatic N) is 1. The molecule has 1 rings (SSSR count). The van der Waals surface area contributed by atoms with Crippen LogP contribution in [0.3, 0.4) is 0 Å². The maximum atomic E-state index is 13.2. The van der Waals surface area contributed by atoms with Gasteiger partial charge in [-0.3, -0.25) is 4.79 Å². The van der Waals surface area contributed by atoms with Crippen molar-refractivity contribution in [2.75, 3.05) is 19.6 Å². The second kappa shape index (κ2) is 7.28. The van der Waals surface area contributed by atoms with Gasteiger partial charge in [0.05, 0.1) is 0 Å². The largest absolute Gasteiger partial charge is 0.338 e. The lowest BCUT2D eigenvalue weighted by Gasteiger charge is -2.24. The molecule has 112 valence electrons. The number of carbonyl (C=O) groups is 1. The maximum Gasteiger partial charge on any atom is 0.254 e. The van der Waals surface area contributed by atoms with Gasteiger partial charge in [0.1, 0.15) is 0 Å². The summed E-state index contributed by atoms with van der Waals surface area (Å²) in [5, 5.41) is 0. The van der Waals surface area contributed by atoms with Crippen LogP contribution in [-0.4, -0.2) is 30.4 Å². The summed E-state index contributed by atoms with van der Waals surface area (Å²) in [6.07, 6.45) is 0.588. The average Bonchev–Trinajstić information content (AvgIpc) is 2.39. The summed E-state index contributed by atoms with van der Waals surface area (Å²) < 4.78 is 39.2. The summed E-state index contributed by atoms with van der Waals surface area (Å²) in [6.45, 7) is 5.10. The number of carbonyl (C=O) groups excluding carboxylic acids is 1. The third-order valence-electron chi connectivity index (χ3n) is 2.74. The molecular weight excluding hydrogens is 269 g/mol. The molecule has 1 amide bonds. The van der Waals surface area contributed by atoms with E-state index in [0.29, 0.717) is 26.1 Å². The Morgan fingerprint density at radius 3 is 2.25 bits per heavy atom. The van der Waals surface area contributed by atoms with Gasteiger partial charge in [0, 0.05) is 18.7 Å². The number of halogens is 3. The molecule has 2 N–H and O–H groups in total. The van der Waals surface area contributed by atoms with Crippen molar-refractivity contribution in [1.29, 1.82) is 0 Å². The lowest BCUT2D eigenvalue weighted by Crippen LogP contribution is -2.36. The van der Waals surface area contributed by atoms with E-state index in [0.717, 1.165) is 12.1 Å². The zero-order valence-corrected chi connectivity index (χ0v) is 11.6. The van der Waals surface area contributed by atoms with Crippen LogP contribution in [0.4, 0.5) is 13.2 Å². The van der Waals surface area contributed by atoms with Crippen molar-refractivity contribution in [2.45, 2.75) is 20.3 Å². The van der Waals surface area contributed by atoms with E-state index in [9.17, 15) is 18.0 Å². The van der Waals surface area contributed by atoms with Crippen molar-refractivity contribution in [3.63, 3.8) is 0 Å². The third kappa shape index (κ3) is 4.23. The first-order valence-electron chi connectivity index (χ1n) is 6.50. The van der Waals surface area contributed by atoms with Crippen LogP contribution in [-0.2, 0) is 0 Å². The fraction of sp³-hybridized carbons (Fsp3) is 0.500. The van der Waals surface area contributed by atoms with Crippen molar-refractivity contribution in [1.82, 2.24) is 4.90 Å². The van der Waals surface area contributed by atoms with Crippen LogP contribution in [0.2, 0.25) is 0 Å². The molecule has 3 nitrogen and oxygen atoms in total. The predicted octanol–water partition coefficient (Wildman–Crippen LogP) is 2.55. The normalized spacial score (nSPS) is 10.9. The van der Waals surface area contributed by atoms with E-state index in [1.807, 2.05) is 13.8 Å². The molecule has 0 aliphatic carbocycles. The van der Waals surface area contributed by atoms with Crippen molar-refractivity contribution in [2.24, 2.45) is 11.7 Å². The molecular formula is C14H19F3N2O. The maximum absolute atomic E-state index is 13.2. The Labute approximate surface area is 116 Å². The van der Waals surface area contributed by atoms with Gasteiger partial charge in [0.25, 0.3) is 5.91 Å². The highest BCUT2D eigenvalue weighted by molar-refractivity contribution is 5.94. The van der Waals surface area contributed by atoms with E-state index in [4.69, 9.17) is 5.73 Å². The first-order chi connectivity index (χ1) is 9.36. The molecule has 0 unspecified atom stereocenters. The van der Waals surface area contributed by atoms with Crippen LogP contribution in [0, 0.1) is 23.4 Å².